The lowest BCUT2D eigenvalue weighted by Crippen LogP contribution is -2.32. The molecular weight excluding hydrogens is 152 g/mol. The van der Waals surface area contributed by atoms with E-state index in [1.165, 1.54) is 0 Å². The third-order valence-corrected chi connectivity index (χ3v) is 1.54. The van der Waals surface area contributed by atoms with Gasteiger partial charge in [-0.15, -0.1) is 0 Å². The molecule has 0 saturated carbocycles. The van der Waals surface area contributed by atoms with Crippen molar-refractivity contribution in [1.82, 2.24) is 5.43 Å². The number of hydrogen-bond acceptors (Lipinski definition) is 3. The van der Waals surface area contributed by atoms with E-state index in [0.717, 1.165) is 5.56 Å². The summed E-state index contributed by atoms with van der Waals surface area (Å²) in [4.78, 5) is 0. The third-order valence-electron chi connectivity index (χ3n) is 1.54. The number of nitrogens with zero attached hydrogens (tertiary/aromatic N) is 1. The largest absolute Gasteiger partial charge is 0.322 e. The van der Waals surface area contributed by atoms with Crippen molar-refractivity contribution in [1.29, 1.82) is 0 Å². The van der Waals surface area contributed by atoms with Gasteiger partial charge < -0.3 is 11.3 Å². The Labute approximate surface area is 71.2 Å². The second-order valence-electron chi connectivity index (χ2n) is 2.38. The quantitative estimate of drug-likeness (QED) is 0.248. The van der Waals surface area contributed by atoms with Gasteiger partial charge in [-0.25, -0.2) is 5.84 Å². The molecule has 1 aromatic rings. The summed E-state index contributed by atoms with van der Waals surface area (Å²) in [5.41, 5.74) is 3.55. The first kappa shape index (κ1) is 8.55. The molecule has 1 aromatic carbocycles. The van der Waals surface area contributed by atoms with E-state index >= 15 is 0 Å². The second kappa shape index (κ2) is 4.35. The molecule has 0 aliphatic rings. The number of benzene rings is 1. The minimum absolute atomic E-state index is 0.571. The molecule has 4 heteroatoms. The molecule has 0 radical (unpaired) electrons. The molecule has 0 aliphatic heterocycles. The Morgan fingerprint density at radius 2 is 2.00 bits per heavy atom. The van der Waals surface area contributed by atoms with Gasteiger partial charge in [0.25, 0.3) is 0 Å². The van der Waals surface area contributed by atoms with Crippen molar-refractivity contribution in [3.8, 4) is 0 Å². The SMILES string of the molecule is N/N=C(/Cc1ccccc1)NN. The number of hydrazone groups is 1. The van der Waals surface area contributed by atoms with Crippen LogP contribution in [-0.2, 0) is 6.42 Å². The van der Waals surface area contributed by atoms with Crippen molar-refractivity contribution < 1.29 is 0 Å². The fraction of sp³-hybridized carbons (Fsp3) is 0.125. The standard InChI is InChI=1S/C8H12N4/c9-11-8(12-10)6-7-4-2-1-3-5-7/h1-5H,6,9-10H2,(H,11,12). The zero-order chi connectivity index (χ0) is 8.81. The summed E-state index contributed by atoms with van der Waals surface area (Å²) in [6.45, 7) is 0. The lowest BCUT2D eigenvalue weighted by molar-refractivity contribution is 0.967. The van der Waals surface area contributed by atoms with Crippen molar-refractivity contribution in [3.05, 3.63) is 35.9 Å². The lowest BCUT2D eigenvalue weighted by atomic mass is 10.1. The predicted octanol–water partition coefficient (Wildman–Crippen LogP) is -0.0354. The van der Waals surface area contributed by atoms with Crippen LogP contribution in [0.2, 0.25) is 0 Å². The molecule has 0 atom stereocenters. The molecule has 0 fully saturated rings. The molecule has 4 nitrogen and oxygen atoms in total. The van der Waals surface area contributed by atoms with Crippen LogP contribution in [0.1, 0.15) is 5.56 Å². The van der Waals surface area contributed by atoms with E-state index in [-0.39, 0.29) is 0 Å². The summed E-state index contributed by atoms with van der Waals surface area (Å²) in [5, 5.41) is 3.48. The van der Waals surface area contributed by atoms with E-state index < -0.39 is 0 Å². The number of hydrazine groups is 1. The summed E-state index contributed by atoms with van der Waals surface area (Å²) in [7, 11) is 0. The molecule has 0 aliphatic carbocycles. The van der Waals surface area contributed by atoms with Crippen LogP contribution >= 0.6 is 0 Å². The Balaban J connectivity index is 2.64. The van der Waals surface area contributed by atoms with Gasteiger partial charge in [-0.1, -0.05) is 30.3 Å². The van der Waals surface area contributed by atoms with Crippen molar-refractivity contribution in [2.45, 2.75) is 6.42 Å². The second-order valence-corrected chi connectivity index (χ2v) is 2.38. The van der Waals surface area contributed by atoms with Crippen LogP contribution in [0, 0.1) is 0 Å². The zero-order valence-electron chi connectivity index (χ0n) is 6.70. The maximum Gasteiger partial charge on any atom is 0.140 e. The first-order chi connectivity index (χ1) is 5.86. The van der Waals surface area contributed by atoms with Crippen LogP contribution < -0.4 is 17.1 Å². The number of amidine groups is 1. The fourth-order valence-corrected chi connectivity index (χ4v) is 0.923. The number of nitrogens with one attached hydrogen (secondary N) is 1. The highest BCUT2D eigenvalue weighted by atomic mass is 15.3. The maximum atomic E-state index is 5.17. The van der Waals surface area contributed by atoms with Gasteiger partial charge in [0.05, 0.1) is 0 Å². The molecule has 12 heavy (non-hydrogen) atoms. The van der Waals surface area contributed by atoms with Crippen LogP contribution in [-0.4, -0.2) is 5.84 Å². The maximum absolute atomic E-state index is 5.17. The topological polar surface area (TPSA) is 76.4 Å². The smallest absolute Gasteiger partial charge is 0.140 e. The van der Waals surface area contributed by atoms with E-state index in [1.807, 2.05) is 30.3 Å². The minimum Gasteiger partial charge on any atom is -0.322 e. The van der Waals surface area contributed by atoms with Crippen LogP contribution in [0.5, 0.6) is 0 Å². The van der Waals surface area contributed by atoms with E-state index in [2.05, 4.69) is 10.5 Å². The van der Waals surface area contributed by atoms with Crippen molar-refractivity contribution in [2.24, 2.45) is 16.8 Å². The predicted molar refractivity (Wildman–Crippen MR) is 49.1 cm³/mol. The molecule has 0 unspecified atom stereocenters. The van der Waals surface area contributed by atoms with Gasteiger partial charge >= 0.3 is 0 Å². The van der Waals surface area contributed by atoms with E-state index in [0.29, 0.717) is 12.3 Å². The molecule has 0 heterocycles. The van der Waals surface area contributed by atoms with Crippen LogP contribution in [0.15, 0.2) is 35.4 Å². The first-order valence-corrected chi connectivity index (χ1v) is 3.64. The molecule has 0 saturated heterocycles. The van der Waals surface area contributed by atoms with E-state index in [4.69, 9.17) is 11.7 Å². The van der Waals surface area contributed by atoms with Gasteiger partial charge in [0.15, 0.2) is 0 Å². The highest BCUT2D eigenvalue weighted by Gasteiger charge is 1.96. The van der Waals surface area contributed by atoms with Crippen molar-refractivity contribution in [2.75, 3.05) is 0 Å². The number of rotatable bonds is 2. The van der Waals surface area contributed by atoms with Gasteiger partial charge in [0, 0.05) is 6.42 Å². The van der Waals surface area contributed by atoms with Crippen LogP contribution in [0.4, 0.5) is 0 Å². The van der Waals surface area contributed by atoms with Gasteiger partial charge in [-0.05, 0) is 5.56 Å². The van der Waals surface area contributed by atoms with Crippen LogP contribution in [0.25, 0.3) is 0 Å². The average Bonchev–Trinajstić information content (AvgIpc) is 2.16. The van der Waals surface area contributed by atoms with Gasteiger partial charge in [-0.3, -0.25) is 0 Å². The summed E-state index contributed by atoms with van der Waals surface area (Å²) < 4.78 is 0. The van der Waals surface area contributed by atoms with Crippen molar-refractivity contribution in [3.63, 3.8) is 0 Å². The Bertz CT molecular complexity index is 255. The molecule has 0 aromatic heterocycles. The average molecular weight is 164 g/mol. The molecule has 1 rings (SSSR count). The van der Waals surface area contributed by atoms with Gasteiger partial charge in [-0.2, -0.15) is 5.10 Å². The molecule has 0 bridgehead atoms. The monoisotopic (exact) mass is 164 g/mol. The summed E-state index contributed by atoms with van der Waals surface area (Å²) in [6, 6.07) is 9.85. The van der Waals surface area contributed by atoms with E-state index in [9.17, 15) is 0 Å². The van der Waals surface area contributed by atoms with Crippen LogP contribution in [0.3, 0.4) is 0 Å². The van der Waals surface area contributed by atoms with Gasteiger partial charge in [0.1, 0.15) is 5.84 Å². The summed E-state index contributed by atoms with van der Waals surface area (Å²) >= 11 is 0. The van der Waals surface area contributed by atoms with E-state index in [1.54, 1.807) is 0 Å². The van der Waals surface area contributed by atoms with Gasteiger partial charge in [0.2, 0.25) is 0 Å². The normalized spacial score (nSPS) is 11.2. The Hall–Kier alpha value is -1.55. The fourth-order valence-electron chi connectivity index (χ4n) is 0.923. The van der Waals surface area contributed by atoms with Crippen molar-refractivity contribution >= 4 is 5.84 Å². The molecule has 0 spiro atoms. The molecule has 5 N–H and O–H groups in total. The number of hydrogen-bond donors (Lipinski definition) is 3. The zero-order valence-corrected chi connectivity index (χ0v) is 6.70. The summed E-state index contributed by atoms with van der Waals surface area (Å²) in [6.07, 6.45) is 0.633. The highest BCUT2D eigenvalue weighted by Crippen LogP contribution is 1.98. The molecule has 64 valence electrons. The minimum atomic E-state index is 0.571. The first-order valence-electron chi connectivity index (χ1n) is 3.64. The number of nitrogens with two attached hydrogens (primary N) is 2. The molecule has 0 amide bonds. The Morgan fingerprint density at radius 1 is 1.33 bits per heavy atom. The summed E-state index contributed by atoms with van der Waals surface area (Å²) in [5.74, 6) is 10.8. The third kappa shape index (κ3) is 2.25. The lowest BCUT2D eigenvalue weighted by Gasteiger charge is -2.02. The Morgan fingerprint density at radius 3 is 2.50 bits per heavy atom. The molecular formula is C8H12N4. The Kier molecular flexibility index (Phi) is 3.10. The highest BCUT2D eigenvalue weighted by molar-refractivity contribution is 5.83.